The molecule has 0 aromatic rings. The summed E-state index contributed by atoms with van der Waals surface area (Å²) in [7, 11) is 0. The summed E-state index contributed by atoms with van der Waals surface area (Å²) in [4.78, 5) is 14.4. The molecule has 1 unspecified atom stereocenters. The van der Waals surface area contributed by atoms with Gasteiger partial charge in [-0.15, -0.1) is 0 Å². The van der Waals surface area contributed by atoms with E-state index in [1.807, 2.05) is 18.7 Å². The molecule has 0 saturated carbocycles. The van der Waals surface area contributed by atoms with Crippen LogP contribution in [0.4, 0.5) is 0 Å². The fraction of sp³-hybridized carbons (Fsp3) is 0.923. The molecule has 1 aliphatic rings. The largest absolute Gasteiger partial charge is 0.396 e. The maximum Gasteiger partial charge on any atom is 0.228 e. The average Bonchev–Trinajstić information content (AvgIpc) is 2.29. The third-order valence-corrected chi connectivity index (χ3v) is 3.81. The van der Waals surface area contributed by atoms with E-state index < -0.39 is 0 Å². The van der Waals surface area contributed by atoms with Crippen LogP contribution < -0.4 is 0 Å². The van der Waals surface area contributed by atoms with E-state index in [1.165, 1.54) is 6.42 Å². The molecular formula is C13H25NO2. The van der Waals surface area contributed by atoms with Gasteiger partial charge in [-0.25, -0.2) is 0 Å². The van der Waals surface area contributed by atoms with E-state index in [4.69, 9.17) is 5.11 Å². The van der Waals surface area contributed by atoms with Crippen molar-refractivity contribution in [3.05, 3.63) is 0 Å². The van der Waals surface area contributed by atoms with Crippen LogP contribution in [0.3, 0.4) is 0 Å². The van der Waals surface area contributed by atoms with Gasteiger partial charge < -0.3 is 10.0 Å². The highest BCUT2D eigenvalue weighted by molar-refractivity contribution is 5.82. The van der Waals surface area contributed by atoms with Crippen LogP contribution in [-0.4, -0.2) is 35.1 Å². The molecular weight excluding hydrogens is 202 g/mol. The number of aliphatic hydroxyl groups is 1. The van der Waals surface area contributed by atoms with Gasteiger partial charge in [0.2, 0.25) is 5.91 Å². The van der Waals surface area contributed by atoms with E-state index in [9.17, 15) is 4.79 Å². The highest BCUT2D eigenvalue weighted by Gasteiger charge is 2.34. The van der Waals surface area contributed by atoms with Crippen molar-refractivity contribution >= 4 is 5.91 Å². The van der Waals surface area contributed by atoms with Gasteiger partial charge in [-0.2, -0.15) is 0 Å². The van der Waals surface area contributed by atoms with Crippen LogP contribution in [0, 0.1) is 5.41 Å². The van der Waals surface area contributed by atoms with Gasteiger partial charge in [-0.1, -0.05) is 20.8 Å². The topological polar surface area (TPSA) is 40.5 Å². The van der Waals surface area contributed by atoms with Crippen molar-refractivity contribution in [2.45, 2.75) is 58.9 Å². The van der Waals surface area contributed by atoms with Gasteiger partial charge >= 0.3 is 0 Å². The van der Waals surface area contributed by atoms with Crippen LogP contribution in [0.1, 0.15) is 52.9 Å². The first-order chi connectivity index (χ1) is 7.53. The van der Waals surface area contributed by atoms with E-state index >= 15 is 0 Å². The zero-order valence-electron chi connectivity index (χ0n) is 10.8. The summed E-state index contributed by atoms with van der Waals surface area (Å²) >= 11 is 0. The molecule has 3 heteroatoms. The Balaban J connectivity index is 2.71. The minimum Gasteiger partial charge on any atom is -0.396 e. The first-order valence-electron chi connectivity index (χ1n) is 6.45. The minimum atomic E-state index is -0.259. The number of rotatable bonds is 4. The zero-order valence-corrected chi connectivity index (χ0v) is 10.8. The van der Waals surface area contributed by atoms with Crippen molar-refractivity contribution in [2.24, 2.45) is 5.41 Å². The van der Waals surface area contributed by atoms with Gasteiger partial charge in [0.25, 0.3) is 0 Å². The predicted molar refractivity (Wildman–Crippen MR) is 65.1 cm³/mol. The average molecular weight is 227 g/mol. The van der Waals surface area contributed by atoms with E-state index in [2.05, 4.69) is 6.92 Å². The Hall–Kier alpha value is -0.570. The molecule has 0 aliphatic carbocycles. The maximum absolute atomic E-state index is 12.4. The third-order valence-electron chi connectivity index (χ3n) is 3.81. The van der Waals surface area contributed by atoms with Crippen molar-refractivity contribution in [2.75, 3.05) is 13.2 Å². The summed E-state index contributed by atoms with van der Waals surface area (Å²) in [6.07, 6.45) is 4.93. The summed E-state index contributed by atoms with van der Waals surface area (Å²) < 4.78 is 0. The van der Waals surface area contributed by atoms with Crippen molar-refractivity contribution < 1.29 is 9.90 Å². The Morgan fingerprint density at radius 1 is 1.44 bits per heavy atom. The van der Waals surface area contributed by atoms with E-state index in [0.717, 1.165) is 32.2 Å². The molecule has 1 rings (SSSR count). The number of amides is 1. The van der Waals surface area contributed by atoms with Crippen molar-refractivity contribution in [3.8, 4) is 0 Å². The number of likely N-dealkylation sites (tertiary alicyclic amines) is 1. The lowest BCUT2D eigenvalue weighted by molar-refractivity contribution is -0.144. The van der Waals surface area contributed by atoms with E-state index in [-0.39, 0.29) is 24.0 Å². The molecule has 0 radical (unpaired) electrons. The molecule has 1 saturated heterocycles. The molecule has 0 aromatic heterocycles. The molecule has 16 heavy (non-hydrogen) atoms. The second kappa shape index (κ2) is 5.67. The number of nitrogens with zero attached hydrogens (tertiary/aromatic N) is 1. The third kappa shape index (κ3) is 2.97. The minimum absolute atomic E-state index is 0.182. The van der Waals surface area contributed by atoms with Crippen LogP contribution in [-0.2, 0) is 4.79 Å². The molecule has 1 heterocycles. The quantitative estimate of drug-likeness (QED) is 0.799. The molecule has 1 fully saturated rings. The van der Waals surface area contributed by atoms with Gasteiger partial charge in [0, 0.05) is 24.6 Å². The Morgan fingerprint density at radius 3 is 2.69 bits per heavy atom. The Labute approximate surface area is 98.8 Å². The lowest BCUT2D eigenvalue weighted by Crippen LogP contribution is -2.49. The van der Waals surface area contributed by atoms with Crippen LogP contribution in [0.15, 0.2) is 0 Å². The summed E-state index contributed by atoms with van der Waals surface area (Å²) in [5, 5.41) is 9.04. The fourth-order valence-electron chi connectivity index (χ4n) is 2.26. The number of aliphatic hydroxyl groups excluding tert-OH is 1. The zero-order chi connectivity index (χ0) is 12.2. The molecule has 0 aromatic carbocycles. The Bertz CT molecular complexity index is 236. The van der Waals surface area contributed by atoms with Gasteiger partial charge in [-0.05, 0) is 32.1 Å². The molecule has 3 nitrogen and oxygen atoms in total. The molecule has 1 aliphatic heterocycles. The monoisotopic (exact) mass is 227 g/mol. The van der Waals surface area contributed by atoms with Crippen molar-refractivity contribution in [1.82, 2.24) is 4.90 Å². The van der Waals surface area contributed by atoms with Crippen molar-refractivity contribution in [3.63, 3.8) is 0 Å². The van der Waals surface area contributed by atoms with Crippen LogP contribution >= 0.6 is 0 Å². The molecule has 1 N–H and O–H groups in total. The first-order valence-corrected chi connectivity index (χ1v) is 6.45. The number of hydrogen-bond donors (Lipinski definition) is 1. The number of piperidine rings is 1. The van der Waals surface area contributed by atoms with Gasteiger partial charge in [0.05, 0.1) is 0 Å². The molecule has 0 bridgehead atoms. The Kier molecular flexibility index (Phi) is 4.78. The normalized spacial score (nSPS) is 22.2. The van der Waals surface area contributed by atoms with Gasteiger partial charge in [-0.3, -0.25) is 4.79 Å². The summed E-state index contributed by atoms with van der Waals surface area (Å²) in [6.45, 7) is 7.14. The standard InChI is InChI=1S/C13H25NO2/c1-4-13(2,3)12(16)14-9-6-5-7-11(14)8-10-15/h11,15H,4-10H2,1-3H3. The van der Waals surface area contributed by atoms with Gasteiger partial charge in [0.1, 0.15) is 0 Å². The maximum atomic E-state index is 12.4. The number of hydrogen-bond acceptors (Lipinski definition) is 2. The first kappa shape index (κ1) is 13.5. The second-order valence-corrected chi connectivity index (χ2v) is 5.40. The molecule has 1 atom stereocenters. The number of carbonyl (C=O) groups is 1. The van der Waals surface area contributed by atoms with Gasteiger partial charge in [0.15, 0.2) is 0 Å². The summed E-state index contributed by atoms with van der Waals surface area (Å²) in [6, 6.07) is 0.261. The highest BCUT2D eigenvalue weighted by Crippen LogP contribution is 2.28. The fourth-order valence-corrected chi connectivity index (χ4v) is 2.26. The van der Waals surface area contributed by atoms with Crippen LogP contribution in [0.5, 0.6) is 0 Å². The molecule has 0 spiro atoms. The lowest BCUT2D eigenvalue weighted by Gasteiger charge is -2.40. The van der Waals surface area contributed by atoms with E-state index in [0.29, 0.717) is 0 Å². The van der Waals surface area contributed by atoms with E-state index in [1.54, 1.807) is 0 Å². The van der Waals surface area contributed by atoms with Crippen molar-refractivity contribution in [1.29, 1.82) is 0 Å². The smallest absolute Gasteiger partial charge is 0.228 e. The lowest BCUT2D eigenvalue weighted by atomic mass is 9.86. The summed E-state index contributed by atoms with van der Waals surface area (Å²) in [5.41, 5.74) is -0.259. The molecule has 94 valence electrons. The summed E-state index contributed by atoms with van der Waals surface area (Å²) in [5.74, 6) is 0.258. The number of carbonyl (C=O) groups excluding carboxylic acids is 1. The van der Waals surface area contributed by atoms with Crippen LogP contribution in [0.2, 0.25) is 0 Å². The van der Waals surface area contributed by atoms with Crippen LogP contribution in [0.25, 0.3) is 0 Å². The predicted octanol–water partition coefficient (Wildman–Crippen LogP) is 2.19. The second-order valence-electron chi connectivity index (χ2n) is 5.40. The Morgan fingerprint density at radius 2 is 2.12 bits per heavy atom. The highest BCUT2D eigenvalue weighted by atomic mass is 16.3. The molecule has 1 amide bonds. The SMILES string of the molecule is CCC(C)(C)C(=O)N1CCCCC1CCO.